The van der Waals surface area contributed by atoms with E-state index in [4.69, 9.17) is 4.74 Å². The van der Waals surface area contributed by atoms with Gasteiger partial charge in [0.1, 0.15) is 6.10 Å². The molecule has 0 saturated carbocycles. The molecule has 0 radical (unpaired) electrons. The lowest BCUT2D eigenvalue weighted by Gasteiger charge is -2.18. The van der Waals surface area contributed by atoms with E-state index in [0.717, 1.165) is 19.2 Å². The van der Waals surface area contributed by atoms with E-state index in [2.05, 4.69) is 53.8 Å². The third-order valence-corrected chi connectivity index (χ3v) is 4.27. The summed E-state index contributed by atoms with van der Waals surface area (Å²) in [7, 11) is 0. The molecule has 4 heteroatoms. The Hall–Kier alpha value is -2.98. The van der Waals surface area contributed by atoms with Gasteiger partial charge in [0.05, 0.1) is 0 Å². The zero-order chi connectivity index (χ0) is 19.8. The van der Waals surface area contributed by atoms with Gasteiger partial charge in [-0.3, -0.25) is 0 Å². The predicted molar refractivity (Wildman–Crippen MR) is 109 cm³/mol. The minimum absolute atomic E-state index is 0.00926. The normalized spacial score (nSPS) is 14.5. The van der Waals surface area contributed by atoms with Crippen molar-refractivity contribution in [2.45, 2.75) is 26.1 Å². The maximum Gasteiger partial charge on any atom is 0.201 e. The highest BCUT2D eigenvalue weighted by Gasteiger charge is 2.18. The van der Waals surface area contributed by atoms with E-state index in [9.17, 15) is 8.78 Å². The van der Waals surface area contributed by atoms with E-state index in [1.54, 1.807) is 19.1 Å². The van der Waals surface area contributed by atoms with E-state index in [1.807, 2.05) is 12.1 Å². The fourth-order valence-corrected chi connectivity index (χ4v) is 2.81. The van der Waals surface area contributed by atoms with Gasteiger partial charge in [-0.15, -0.1) is 0 Å². The number of rotatable bonds is 4. The van der Waals surface area contributed by atoms with E-state index in [0.29, 0.717) is 5.56 Å². The molecule has 1 atom stereocenters. The van der Waals surface area contributed by atoms with Gasteiger partial charge in [0.2, 0.25) is 5.82 Å². The molecule has 2 nitrogen and oxygen atoms in total. The van der Waals surface area contributed by atoms with Crippen LogP contribution < -0.4 is 10.1 Å². The van der Waals surface area contributed by atoms with Crippen molar-refractivity contribution in [3.63, 3.8) is 0 Å². The molecule has 0 amide bonds. The molecule has 0 aromatic heterocycles. The van der Waals surface area contributed by atoms with E-state index in [-0.39, 0.29) is 11.9 Å². The maximum absolute atomic E-state index is 13.1. The fraction of sp³-hybridized carbons (Fsp3) is 0.167. The maximum atomic E-state index is 13.1. The van der Waals surface area contributed by atoms with Gasteiger partial charge in [-0.25, -0.2) is 4.39 Å². The van der Waals surface area contributed by atoms with Gasteiger partial charge < -0.3 is 10.1 Å². The van der Waals surface area contributed by atoms with E-state index < -0.39 is 11.6 Å². The summed E-state index contributed by atoms with van der Waals surface area (Å²) in [6.45, 7) is 3.62. The lowest BCUT2D eigenvalue weighted by atomic mass is 10.1. The average molecular weight is 379 g/mol. The van der Waals surface area contributed by atoms with Crippen molar-refractivity contribution in [3.05, 3.63) is 107 Å². The van der Waals surface area contributed by atoms with Crippen LogP contribution in [0.5, 0.6) is 5.75 Å². The van der Waals surface area contributed by atoms with Gasteiger partial charge >= 0.3 is 0 Å². The summed E-state index contributed by atoms with van der Waals surface area (Å²) in [4.78, 5) is 0. The number of fused-ring (bicyclic) bond motifs is 1. The zero-order valence-electron chi connectivity index (χ0n) is 15.7. The largest absolute Gasteiger partial charge is 0.483 e. The number of benzene rings is 3. The third kappa shape index (κ3) is 5.51. The van der Waals surface area contributed by atoms with Gasteiger partial charge in [-0.2, -0.15) is 4.39 Å². The van der Waals surface area contributed by atoms with Crippen LogP contribution in [0.4, 0.5) is 8.78 Å². The fourth-order valence-electron chi connectivity index (χ4n) is 2.81. The lowest BCUT2D eigenvalue weighted by Crippen LogP contribution is -2.13. The number of ether oxygens (including phenoxy) is 1. The number of halogens is 2. The van der Waals surface area contributed by atoms with Crippen molar-refractivity contribution >= 4 is 6.08 Å². The molecule has 0 saturated heterocycles. The quantitative estimate of drug-likeness (QED) is 0.625. The molecule has 1 unspecified atom stereocenters. The number of hydrogen-bond acceptors (Lipinski definition) is 2. The van der Waals surface area contributed by atoms with Crippen LogP contribution in [0.3, 0.4) is 0 Å². The first-order valence-corrected chi connectivity index (χ1v) is 9.25. The number of nitrogens with one attached hydrogen (secondary N) is 1. The molecule has 4 rings (SSSR count). The summed E-state index contributed by atoms with van der Waals surface area (Å²) in [6.07, 6.45) is 3.31. The van der Waals surface area contributed by atoms with Crippen molar-refractivity contribution in [2.75, 3.05) is 0 Å². The first kappa shape index (κ1) is 19.8. The summed E-state index contributed by atoms with van der Waals surface area (Å²) in [6, 6.07) is 23.5. The SMILES string of the molecule is CC1C=Cc2ccc(F)c(F)c2O1.c1ccc(CNCc2ccccc2)cc1. The van der Waals surface area contributed by atoms with Crippen LogP contribution in [0, 0.1) is 11.6 Å². The van der Waals surface area contributed by atoms with Crippen LogP contribution in [-0.4, -0.2) is 6.10 Å². The van der Waals surface area contributed by atoms with E-state index in [1.165, 1.54) is 17.2 Å². The Morgan fingerprint density at radius 1 is 0.821 bits per heavy atom. The Morgan fingerprint density at radius 3 is 1.96 bits per heavy atom. The molecule has 0 spiro atoms. The summed E-state index contributed by atoms with van der Waals surface area (Å²) >= 11 is 0. The first-order valence-electron chi connectivity index (χ1n) is 9.25. The topological polar surface area (TPSA) is 21.3 Å². The smallest absolute Gasteiger partial charge is 0.201 e. The van der Waals surface area contributed by atoms with Crippen molar-refractivity contribution < 1.29 is 13.5 Å². The highest BCUT2D eigenvalue weighted by atomic mass is 19.2. The molecule has 28 heavy (non-hydrogen) atoms. The van der Waals surface area contributed by atoms with Gasteiger partial charge in [0, 0.05) is 18.7 Å². The molecule has 1 N–H and O–H groups in total. The molecule has 0 fully saturated rings. The molecule has 144 valence electrons. The highest BCUT2D eigenvalue weighted by Crippen LogP contribution is 2.30. The Balaban J connectivity index is 0.000000162. The van der Waals surface area contributed by atoms with Gasteiger partial charge in [-0.1, -0.05) is 66.7 Å². The van der Waals surface area contributed by atoms with Crippen molar-refractivity contribution in [3.8, 4) is 5.75 Å². The summed E-state index contributed by atoms with van der Waals surface area (Å²) in [5, 5.41) is 3.42. The van der Waals surface area contributed by atoms with Gasteiger partial charge in [0.15, 0.2) is 11.6 Å². The Kier molecular flexibility index (Phi) is 6.93. The zero-order valence-corrected chi connectivity index (χ0v) is 15.7. The molecule has 1 heterocycles. The second-order valence-electron chi connectivity index (χ2n) is 6.54. The van der Waals surface area contributed by atoms with Crippen molar-refractivity contribution in [1.29, 1.82) is 0 Å². The number of hydrogen-bond donors (Lipinski definition) is 1. The van der Waals surface area contributed by atoms with Crippen molar-refractivity contribution in [1.82, 2.24) is 5.32 Å². The molecule has 0 aliphatic carbocycles. The molecule has 3 aromatic rings. The van der Waals surface area contributed by atoms with Crippen LogP contribution in [0.1, 0.15) is 23.6 Å². The van der Waals surface area contributed by atoms with Crippen LogP contribution >= 0.6 is 0 Å². The molecule has 0 bridgehead atoms. The molecule has 1 aliphatic heterocycles. The van der Waals surface area contributed by atoms with Crippen molar-refractivity contribution in [2.24, 2.45) is 0 Å². The molecule has 3 aromatic carbocycles. The molecule has 1 aliphatic rings. The van der Waals surface area contributed by atoms with E-state index >= 15 is 0 Å². The third-order valence-electron chi connectivity index (χ3n) is 4.27. The molecular formula is C24H23F2NO. The summed E-state index contributed by atoms with van der Waals surface area (Å²) in [5.41, 5.74) is 3.24. The van der Waals surface area contributed by atoms with Crippen LogP contribution in [0.2, 0.25) is 0 Å². The van der Waals surface area contributed by atoms with Crippen LogP contribution in [0.25, 0.3) is 6.08 Å². The lowest BCUT2D eigenvalue weighted by molar-refractivity contribution is 0.249. The minimum atomic E-state index is -0.909. The minimum Gasteiger partial charge on any atom is -0.483 e. The predicted octanol–water partition coefficient (Wildman–Crippen LogP) is 5.74. The van der Waals surface area contributed by atoms with Gasteiger partial charge in [-0.05, 0) is 36.3 Å². The summed E-state index contributed by atoms with van der Waals surface area (Å²) in [5.74, 6) is -1.77. The van der Waals surface area contributed by atoms with Gasteiger partial charge in [0.25, 0.3) is 0 Å². The second-order valence-corrected chi connectivity index (χ2v) is 6.54. The summed E-state index contributed by atoms with van der Waals surface area (Å²) < 4.78 is 31.0. The Morgan fingerprint density at radius 2 is 1.39 bits per heavy atom. The van der Waals surface area contributed by atoms with Crippen LogP contribution in [0.15, 0.2) is 78.9 Å². The molecular weight excluding hydrogens is 356 g/mol. The average Bonchev–Trinajstić information content (AvgIpc) is 2.73. The highest BCUT2D eigenvalue weighted by molar-refractivity contribution is 5.60. The monoisotopic (exact) mass is 379 g/mol. The van der Waals surface area contributed by atoms with Crippen LogP contribution in [-0.2, 0) is 13.1 Å². The standard InChI is InChI=1S/C14H15N.C10H8F2O/c1-3-7-13(8-4-1)11-15-12-14-9-5-2-6-10-14;1-6-2-3-7-4-5-8(11)9(12)10(7)13-6/h1-10,15H,11-12H2;2-6H,1H3. The Labute approximate surface area is 164 Å². The second kappa shape index (κ2) is 9.81. The Bertz CT molecular complexity index is 871. The first-order chi connectivity index (χ1) is 13.6.